The van der Waals surface area contributed by atoms with Crippen molar-refractivity contribution < 1.29 is 17.9 Å². The summed E-state index contributed by atoms with van der Waals surface area (Å²) in [4.78, 5) is 3.18. The molecular formula is C8H8F3NO. The molecule has 0 aliphatic carbocycles. The number of pyridine rings is 1. The number of alkyl halides is 2. The summed E-state index contributed by atoms with van der Waals surface area (Å²) in [5, 5.41) is 0. The molecule has 13 heavy (non-hydrogen) atoms. The average Bonchev–Trinajstić information content (AvgIpc) is 2.07. The van der Waals surface area contributed by atoms with Gasteiger partial charge in [-0.2, -0.15) is 4.39 Å². The van der Waals surface area contributed by atoms with Gasteiger partial charge in [0.05, 0.1) is 7.11 Å². The van der Waals surface area contributed by atoms with Crippen LogP contribution >= 0.6 is 0 Å². The highest BCUT2D eigenvalue weighted by molar-refractivity contribution is 5.39. The molecule has 0 radical (unpaired) electrons. The number of rotatable bonds is 2. The molecule has 5 heteroatoms. The Hall–Kier alpha value is -1.26. The maximum atomic E-state index is 12.8. The third-order valence-electron chi connectivity index (χ3n) is 1.62. The average molecular weight is 191 g/mol. The molecule has 1 aromatic rings. The lowest BCUT2D eigenvalue weighted by atomic mass is 10.2. The molecule has 0 aliphatic rings. The molecule has 0 aliphatic heterocycles. The van der Waals surface area contributed by atoms with Gasteiger partial charge >= 0.3 is 0 Å². The fraction of sp³-hybridized carbons (Fsp3) is 0.375. The lowest BCUT2D eigenvalue weighted by Gasteiger charge is -2.10. The van der Waals surface area contributed by atoms with Crippen LogP contribution in [-0.2, 0) is 0 Å². The normalized spacial score (nSPS) is 10.6. The van der Waals surface area contributed by atoms with Crippen LogP contribution in [0.4, 0.5) is 13.2 Å². The van der Waals surface area contributed by atoms with Crippen LogP contribution in [0.5, 0.6) is 5.75 Å². The Morgan fingerprint density at radius 3 is 2.46 bits per heavy atom. The minimum Gasteiger partial charge on any atom is -0.496 e. The van der Waals surface area contributed by atoms with E-state index < -0.39 is 17.9 Å². The monoisotopic (exact) mass is 191 g/mol. The number of methoxy groups -OCH3 is 1. The number of nitrogens with zero attached hydrogens (tertiary/aromatic N) is 1. The first-order valence-corrected chi connectivity index (χ1v) is 3.55. The standard InChI is InChI=1S/C8H8F3NO/c1-4-3-12-8(11)5(7(9)10)6(4)13-2/h3,7H,1-2H3. The molecule has 2 nitrogen and oxygen atoms in total. The number of aryl methyl sites for hydroxylation is 1. The molecule has 0 amide bonds. The summed E-state index contributed by atoms with van der Waals surface area (Å²) in [5.41, 5.74) is -0.387. The molecule has 0 atom stereocenters. The largest absolute Gasteiger partial charge is 0.496 e. The minimum atomic E-state index is -2.91. The fourth-order valence-electron chi connectivity index (χ4n) is 1.05. The lowest BCUT2D eigenvalue weighted by molar-refractivity contribution is 0.140. The van der Waals surface area contributed by atoms with E-state index in [-0.39, 0.29) is 5.75 Å². The van der Waals surface area contributed by atoms with Gasteiger partial charge < -0.3 is 4.74 Å². The van der Waals surface area contributed by atoms with Crippen LogP contribution in [0.1, 0.15) is 17.6 Å². The van der Waals surface area contributed by atoms with Gasteiger partial charge in [-0.3, -0.25) is 0 Å². The van der Waals surface area contributed by atoms with Crippen molar-refractivity contribution in [1.29, 1.82) is 0 Å². The molecule has 0 spiro atoms. The zero-order valence-electron chi connectivity index (χ0n) is 7.14. The minimum absolute atomic E-state index is 0.137. The van der Waals surface area contributed by atoms with Crippen LogP contribution in [0.2, 0.25) is 0 Å². The Morgan fingerprint density at radius 2 is 2.08 bits per heavy atom. The van der Waals surface area contributed by atoms with Gasteiger partial charge in [-0.1, -0.05) is 0 Å². The van der Waals surface area contributed by atoms with Gasteiger partial charge in [0.15, 0.2) is 0 Å². The maximum absolute atomic E-state index is 12.8. The second kappa shape index (κ2) is 3.64. The second-order valence-electron chi connectivity index (χ2n) is 2.48. The third kappa shape index (κ3) is 1.74. The summed E-state index contributed by atoms with van der Waals surface area (Å²) in [6.45, 7) is 1.52. The highest BCUT2D eigenvalue weighted by Gasteiger charge is 2.21. The molecule has 0 saturated heterocycles. The molecule has 1 rings (SSSR count). The summed E-state index contributed by atoms with van der Waals surface area (Å²) < 4.78 is 42.0. The molecule has 0 bridgehead atoms. The second-order valence-corrected chi connectivity index (χ2v) is 2.48. The van der Waals surface area contributed by atoms with Crippen molar-refractivity contribution in [2.24, 2.45) is 0 Å². The molecule has 0 N–H and O–H groups in total. The van der Waals surface area contributed by atoms with E-state index in [0.717, 1.165) is 6.20 Å². The first-order chi connectivity index (χ1) is 6.07. The van der Waals surface area contributed by atoms with Gasteiger partial charge in [-0.25, -0.2) is 13.8 Å². The Bertz CT molecular complexity index is 315. The zero-order valence-corrected chi connectivity index (χ0v) is 7.14. The van der Waals surface area contributed by atoms with Gasteiger partial charge in [0.2, 0.25) is 5.95 Å². The van der Waals surface area contributed by atoms with Crippen molar-refractivity contribution in [3.05, 3.63) is 23.3 Å². The maximum Gasteiger partial charge on any atom is 0.271 e. The van der Waals surface area contributed by atoms with Gasteiger partial charge in [-0.05, 0) is 6.92 Å². The van der Waals surface area contributed by atoms with Crippen LogP contribution in [0, 0.1) is 12.9 Å². The summed E-state index contributed by atoms with van der Waals surface area (Å²) in [7, 11) is 1.22. The Balaban J connectivity index is 3.35. The van der Waals surface area contributed by atoms with Crippen molar-refractivity contribution in [3.63, 3.8) is 0 Å². The highest BCUT2D eigenvalue weighted by Crippen LogP contribution is 2.32. The van der Waals surface area contributed by atoms with Crippen molar-refractivity contribution in [2.75, 3.05) is 7.11 Å². The summed E-state index contributed by atoms with van der Waals surface area (Å²) in [6.07, 6.45) is -1.76. The van der Waals surface area contributed by atoms with Gasteiger partial charge in [0, 0.05) is 11.8 Å². The molecule has 0 saturated carbocycles. The Morgan fingerprint density at radius 1 is 1.46 bits per heavy atom. The Labute approximate surface area is 73.4 Å². The van der Waals surface area contributed by atoms with Crippen LogP contribution in [0.3, 0.4) is 0 Å². The smallest absolute Gasteiger partial charge is 0.271 e. The third-order valence-corrected chi connectivity index (χ3v) is 1.62. The van der Waals surface area contributed by atoms with E-state index in [0.29, 0.717) is 5.56 Å². The van der Waals surface area contributed by atoms with Crippen molar-refractivity contribution >= 4 is 0 Å². The summed E-state index contributed by atoms with van der Waals surface area (Å²) in [6, 6.07) is 0. The van der Waals surface area contributed by atoms with E-state index in [1.165, 1.54) is 14.0 Å². The zero-order chi connectivity index (χ0) is 10.0. The van der Waals surface area contributed by atoms with Crippen LogP contribution in [0.15, 0.2) is 6.20 Å². The number of hydrogen-bond donors (Lipinski definition) is 0. The van der Waals surface area contributed by atoms with E-state index in [4.69, 9.17) is 0 Å². The van der Waals surface area contributed by atoms with Crippen molar-refractivity contribution in [3.8, 4) is 5.75 Å². The number of hydrogen-bond acceptors (Lipinski definition) is 2. The van der Waals surface area contributed by atoms with Crippen LogP contribution < -0.4 is 4.74 Å². The van der Waals surface area contributed by atoms with Gasteiger partial charge in [-0.15, -0.1) is 0 Å². The number of aromatic nitrogens is 1. The predicted octanol–water partition coefficient (Wildman–Crippen LogP) is 2.48. The number of halogens is 3. The molecule has 1 heterocycles. The topological polar surface area (TPSA) is 22.1 Å². The highest BCUT2D eigenvalue weighted by atomic mass is 19.3. The van der Waals surface area contributed by atoms with Crippen molar-refractivity contribution in [1.82, 2.24) is 4.98 Å². The molecular weight excluding hydrogens is 183 g/mol. The number of ether oxygens (including phenoxy) is 1. The lowest BCUT2D eigenvalue weighted by Crippen LogP contribution is -2.01. The van der Waals surface area contributed by atoms with E-state index in [1.54, 1.807) is 0 Å². The first kappa shape index (κ1) is 9.83. The van der Waals surface area contributed by atoms with Crippen LogP contribution in [-0.4, -0.2) is 12.1 Å². The molecule has 0 aromatic carbocycles. The van der Waals surface area contributed by atoms with E-state index in [2.05, 4.69) is 9.72 Å². The first-order valence-electron chi connectivity index (χ1n) is 3.55. The van der Waals surface area contributed by atoms with Gasteiger partial charge in [0.25, 0.3) is 6.43 Å². The fourth-order valence-corrected chi connectivity index (χ4v) is 1.05. The van der Waals surface area contributed by atoms with E-state index in [1.807, 2.05) is 0 Å². The van der Waals surface area contributed by atoms with Gasteiger partial charge in [0.1, 0.15) is 11.3 Å². The quantitative estimate of drug-likeness (QED) is 0.670. The van der Waals surface area contributed by atoms with Crippen LogP contribution in [0.25, 0.3) is 0 Å². The summed E-state index contributed by atoms with van der Waals surface area (Å²) in [5.74, 6) is -1.32. The molecule has 72 valence electrons. The molecule has 0 unspecified atom stereocenters. The van der Waals surface area contributed by atoms with E-state index in [9.17, 15) is 13.2 Å². The summed E-state index contributed by atoms with van der Waals surface area (Å²) >= 11 is 0. The Kier molecular flexibility index (Phi) is 2.75. The van der Waals surface area contributed by atoms with Crippen molar-refractivity contribution in [2.45, 2.75) is 13.3 Å². The SMILES string of the molecule is COc1c(C)cnc(F)c1C(F)F. The molecule has 0 fully saturated rings. The molecule has 1 aromatic heterocycles. The predicted molar refractivity (Wildman–Crippen MR) is 40.4 cm³/mol. The van der Waals surface area contributed by atoms with E-state index >= 15 is 0 Å².